The van der Waals surface area contributed by atoms with Gasteiger partial charge in [0.1, 0.15) is 5.75 Å². The Morgan fingerprint density at radius 3 is 2.50 bits per heavy atom. The highest BCUT2D eigenvalue weighted by Crippen LogP contribution is 2.24. The average Bonchev–Trinajstić information content (AvgIpc) is 2.84. The summed E-state index contributed by atoms with van der Waals surface area (Å²) in [4.78, 5) is 31.8. The predicted molar refractivity (Wildman–Crippen MR) is 134 cm³/mol. The van der Waals surface area contributed by atoms with Crippen molar-refractivity contribution in [2.24, 2.45) is 11.5 Å². The van der Waals surface area contributed by atoms with Gasteiger partial charge in [0.25, 0.3) is 5.56 Å². The van der Waals surface area contributed by atoms with E-state index in [2.05, 4.69) is 25.9 Å². The van der Waals surface area contributed by atoms with E-state index >= 15 is 0 Å². The van der Waals surface area contributed by atoms with Gasteiger partial charge in [-0.3, -0.25) is 15.1 Å². The largest absolute Gasteiger partial charge is 0.491 e. The number of rotatable bonds is 12. The molecule has 34 heavy (non-hydrogen) atoms. The first-order chi connectivity index (χ1) is 16.6. The number of amides is 2. The summed E-state index contributed by atoms with van der Waals surface area (Å²) in [6, 6.07) is 14.1. The first kappa shape index (κ1) is 24.9. The van der Waals surface area contributed by atoms with Gasteiger partial charge in [-0.25, -0.2) is 9.78 Å². The summed E-state index contributed by atoms with van der Waals surface area (Å²) < 4.78 is 5.65. The van der Waals surface area contributed by atoms with Crippen LogP contribution in [0.3, 0.4) is 0 Å². The van der Waals surface area contributed by atoms with Crippen molar-refractivity contribution in [3.8, 4) is 16.9 Å². The minimum absolute atomic E-state index is 0.0357. The van der Waals surface area contributed by atoms with Crippen molar-refractivity contribution in [3.63, 3.8) is 0 Å². The molecule has 10 nitrogen and oxygen atoms in total. The molecule has 0 radical (unpaired) electrons. The molecule has 1 aromatic heterocycles. The second-order valence-electron chi connectivity index (χ2n) is 7.56. The minimum Gasteiger partial charge on any atom is -0.491 e. The Kier molecular flexibility index (Phi) is 9.59. The van der Waals surface area contributed by atoms with Gasteiger partial charge in [0.15, 0.2) is 0 Å². The third-order valence-corrected chi connectivity index (χ3v) is 4.92. The second-order valence-corrected chi connectivity index (χ2v) is 7.56. The summed E-state index contributed by atoms with van der Waals surface area (Å²) in [6.45, 7) is 3.20. The molecule has 3 rings (SSSR count). The highest BCUT2D eigenvalue weighted by molar-refractivity contribution is 5.99. The summed E-state index contributed by atoms with van der Waals surface area (Å²) in [6.07, 6.45) is 3.06. The van der Waals surface area contributed by atoms with Gasteiger partial charge < -0.3 is 26.8 Å². The number of aromatic amines is 1. The zero-order chi connectivity index (χ0) is 24.2. The number of ether oxygens (including phenoxy) is 1. The maximum atomic E-state index is 12.6. The van der Waals surface area contributed by atoms with E-state index in [-0.39, 0.29) is 11.5 Å². The second kappa shape index (κ2) is 13.1. The Hall–Kier alpha value is -3.73. The zero-order valence-corrected chi connectivity index (χ0v) is 19.0. The van der Waals surface area contributed by atoms with Crippen LogP contribution in [0.1, 0.15) is 18.4 Å². The van der Waals surface area contributed by atoms with E-state index in [4.69, 9.17) is 16.2 Å². The van der Waals surface area contributed by atoms with E-state index in [9.17, 15) is 9.59 Å². The first-order valence-corrected chi connectivity index (χ1v) is 11.2. The van der Waals surface area contributed by atoms with Crippen molar-refractivity contribution in [1.82, 2.24) is 15.3 Å². The van der Waals surface area contributed by atoms with Crippen LogP contribution in [0.5, 0.6) is 5.75 Å². The molecule has 0 unspecified atom stereocenters. The number of aromatic nitrogens is 2. The molecule has 0 aliphatic heterocycles. The third kappa shape index (κ3) is 7.41. The molecular formula is C24H31N7O3. The van der Waals surface area contributed by atoms with E-state index < -0.39 is 6.03 Å². The molecule has 8 N–H and O–H groups in total. The fraction of sp³-hybridized carbons (Fsp3) is 0.292. The van der Waals surface area contributed by atoms with Crippen molar-refractivity contribution in [2.45, 2.75) is 19.4 Å². The highest BCUT2D eigenvalue weighted by Gasteiger charge is 2.11. The summed E-state index contributed by atoms with van der Waals surface area (Å²) in [5.41, 5.74) is 13.4. The molecule has 10 heteroatoms. The molecule has 180 valence electrons. The maximum Gasteiger partial charge on any atom is 0.326 e. The molecule has 0 spiro atoms. The van der Waals surface area contributed by atoms with Crippen LogP contribution in [0.25, 0.3) is 11.1 Å². The lowest BCUT2D eigenvalue weighted by atomic mass is 10.1. The normalized spacial score (nSPS) is 10.6. The van der Waals surface area contributed by atoms with Gasteiger partial charge in [0, 0.05) is 12.7 Å². The summed E-state index contributed by atoms with van der Waals surface area (Å²) >= 11 is 0. The van der Waals surface area contributed by atoms with Gasteiger partial charge in [0.2, 0.25) is 5.95 Å². The van der Waals surface area contributed by atoms with Crippen LogP contribution in [-0.2, 0) is 6.54 Å². The van der Waals surface area contributed by atoms with Gasteiger partial charge in [-0.2, -0.15) is 0 Å². The molecular weight excluding hydrogens is 434 g/mol. The number of nitrogens with one attached hydrogen (secondary N) is 4. The molecule has 0 saturated heterocycles. The molecule has 0 aliphatic carbocycles. The average molecular weight is 466 g/mol. The molecule has 0 fully saturated rings. The number of hydrogen-bond acceptors (Lipinski definition) is 7. The molecule has 0 saturated carbocycles. The fourth-order valence-corrected chi connectivity index (χ4v) is 3.15. The first-order valence-electron chi connectivity index (χ1n) is 11.2. The number of H-pyrrole nitrogens is 1. The van der Waals surface area contributed by atoms with Crippen LogP contribution >= 0.6 is 0 Å². The van der Waals surface area contributed by atoms with E-state index in [0.29, 0.717) is 43.1 Å². The number of nitrogens with zero attached hydrogens (tertiary/aromatic N) is 1. The summed E-state index contributed by atoms with van der Waals surface area (Å²) in [7, 11) is 0. The highest BCUT2D eigenvalue weighted by atomic mass is 16.5. The van der Waals surface area contributed by atoms with Crippen LogP contribution in [0.2, 0.25) is 0 Å². The van der Waals surface area contributed by atoms with Crippen molar-refractivity contribution in [3.05, 3.63) is 70.6 Å². The predicted octanol–water partition coefficient (Wildman–Crippen LogP) is 2.25. The monoisotopic (exact) mass is 465 g/mol. The van der Waals surface area contributed by atoms with Gasteiger partial charge in [-0.05, 0) is 55.7 Å². The Morgan fingerprint density at radius 2 is 1.76 bits per heavy atom. The molecule has 2 aromatic carbocycles. The molecule has 3 aromatic rings. The van der Waals surface area contributed by atoms with Gasteiger partial charge in [-0.1, -0.05) is 36.4 Å². The zero-order valence-electron chi connectivity index (χ0n) is 19.0. The standard InChI is InChI=1S/C24H31N7O3/c25-11-3-13-27-15-17-7-9-18(10-8-17)19-16-28-23(30-22(19)32)31-24(33)29-20-5-1-2-6-21(20)34-14-4-12-26/h1-2,5-10,16,27H,3-4,11-15,25-26H2,(H3,28,29,30,31,32,33). The van der Waals surface area contributed by atoms with E-state index in [1.165, 1.54) is 6.20 Å². The van der Waals surface area contributed by atoms with Crippen LogP contribution in [-0.4, -0.2) is 42.2 Å². The Balaban J connectivity index is 1.60. The number of carbonyl (C=O) groups excluding carboxylic acids is 1. The van der Waals surface area contributed by atoms with Gasteiger partial charge in [-0.15, -0.1) is 0 Å². The number of benzene rings is 2. The van der Waals surface area contributed by atoms with Gasteiger partial charge in [0.05, 0.1) is 17.9 Å². The molecule has 2 amide bonds. The Bertz CT molecular complexity index is 1120. The van der Waals surface area contributed by atoms with E-state index in [1.807, 2.05) is 30.3 Å². The lowest BCUT2D eigenvalue weighted by Gasteiger charge is -2.12. The number of carbonyl (C=O) groups is 1. The maximum absolute atomic E-state index is 12.6. The quantitative estimate of drug-likeness (QED) is 0.224. The summed E-state index contributed by atoms with van der Waals surface area (Å²) in [5.74, 6) is 0.564. The van der Waals surface area contributed by atoms with Crippen LogP contribution in [0.15, 0.2) is 59.5 Å². The topological polar surface area (TPSA) is 160 Å². The van der Waals surface area contributed by atoms with Crippen LogP contribution < -0.4 is 37.7 Å². The summed E-state index contributed by atoms with van der Waals surface area (Å²) in [5, 5.41) is 8.55. The molecule has 0 bridgehead atoms. The molecule has 0 atom stereocenters. The third-order valence-electron chi connectivity index (χ3n) is 4.92. The number of anilines is 2. The van der Waals surface area contributed by atoms with Crippen molar-refractivity contribution < 1.29 is 9.53 Å². The minimum atomic E-state index is -0.558. The van der Waals surface area contributed by atoms with Crippen molar-refractivity contribution >= 4 is 17.7 Å². The van der Waals surface area contributed by atoms with Crippen molar-refractivity contribution in [2.75, 3.05) is 36.9 Å². The molecule has 1 heterocycles. The number of para-hydroxylation sites is 2. The van der Waals surface area contributed by atoms with E-state index in [0.717, 1.165) is 30.6 Å². The molecule has 0 aliphatic rings. The van der Waals surface area contributed by atoms with E-state index in [1.54, 1.807) is 18.2 Å². The number of urea groups is 1. The Labute approximate surface area is 198 Å². The van der Waals surface area contributed by atoms with Crippen LogP contribution in [0, 0.1) is 0 Å². The lowest BCUT2D eigenvalue weighted by molar-refractivity contribution is 0.261. The fourth-order valence-electron chi connectivity index (χ4n) is 3.15. The number of hydrogen-bond donors (Lipinski definition) is 6. The Morgan fingerprint density at radius 1 is 1.00 bits per heavy atom. The smallest absolute Gasteiger partial charge is 0.326 e. The van der Waals surface area contributed by atoms with Crippen molar-refractivity contribution in [1.29, 1.82) is 0 Å². The SMILES string of the molecule is NCCCNCc1ccc(-c2cnc(NC(=O)Nc3ccccc3OCCCN)[nH]c2=O)cc1. The lowest BCUT2D eigenvalue weighted by Crippen LogP contribution is -2.23. The van der Waals surface area contributed by atoms with Gasteiger partial charge >= 0.3 is 6.03 Å². The van der Waals surface area contributed by atoms with Crippen LogP contribution in [0.4, 0.5) is 16.4 Å². The number of nitrogens with two attached hydrogens (primary N) is 2.